The normalized spacial score (nSPS) is 23.2. The van der Waals surface area contributed by atoms with E-state index < -0.39 is 11.5 Å². The Hall–Kier alpha value is -3.15. The second-order valence-electron chi connectivity index (χ2n) is 7.88. The van der Waals surface area contributed by atoms with Crippen molar-refractivity contribution in [3.05, 3.63) is 71.8 Å². The number of nitrogens with one attached hydrogen (secondary N) is 2. The molecule has 2 saturated heterocycles. The molecule has 0 radical (unpaired) electrons. The van der Waals surface area contributed by atoms with Gasteiger partial charge in [-0.15, -0.1) is 0 Å². The van der Waals surface area contributed by atoms with E-state index >= 15 is 0 Å². The van der Waals surface area contributed by atoms with E-state index in [0.29, 0.717) is 38.0 Å². The van der Waals surface area contributed by atoms with Crippen LogP contribution < -0.4 is 10.6 Å². The van der Waals surface area contributed by atoms with Gasteiger partial charge in [-0.05, 0) is 37.0 Å². The van der Waals surface area contributed by atoms with Crippen LogP contribution >= 0.6 is 0 Å². The Morgan fingerprint density at radius 1 is 1.07 bits per heavy atom. The quantitative estimate of drug-likeness (QED) is 0.815. The van der Waals surface area contributed by atoms with Crippen LogP contribution in [-0.4, -0.2) is 48.3 Å². The zero-order valence-electron chi connectivity index (χ0n) is 16.3. The Morgan fingerprint density at radius 2 is 1.76 bits per heavy atom. The summed E-state index contributed by atoms with van der Waals surface area (Å²) in [5.41, 5.74) is 1.12. The van der Waals surface area contributed by atoms with E-state index in [2.05, 4.69) is 10.6 Å². The van der Waals surface area contributed by atoms with Gasteiger partial charge in [0.15, 0.2) is 0 Å². The highest BCUT2D eigenvalue weighted by molar-refractivity contribution is 5.97. The van der Waals surface area contributed by atoms with Crippen LogP contribution in [0.2, 0.25) is 0 Å². The molecule has 6 nitrogen and oxygen atoms in total. The summed E-state index contributed by atoms with van der Waals surface area (Å²) in [5, 5.41) is 5.77. The number of amides is 3. The second-order valence-corrected chi connectivity index (χ2v) is 7.88. The van der Waals surface area contributed by atoms with Crippen LogP contribution in [0.3, 0.4) is 0 Å². The number of hydrogen-bond acceptors (Lipinski definition) is 3. The number of hydrogen-bond donors (Lipinski definition) is 2. The average molecular weight is 391 g/mol. The summed E-state index contributed by atoms with van der Waals surface area (Å²) in [4.78, 5) is 39.7. The minimum Gasteiger partial charge on any atom is -0.354 e. The van der Waals surface area contributed by atoms with E-state index in [1.807, 2.05) is 48.5 Å². The SMILES string of the molecule is O=C(NCCc1ccccc1)[C@@H]1C[C@]2(CCN(C(=O)c3ccccc3)C2)C(=O)N1. The molecule has 2 heterocycles. The first-order chi connectivity index (χ1) is 14.1. The minimum absolute atomic E-state index is 0.0639. The third kappa shape index (κ3) is 4.01. The highest BCUT2D eigenvalue weighted by Crippen LogP contribution is 2.40. The van der Waals surface area contributed by atoms with Gasteiger partial charge >= 0.3 is 0 Å². The van der Waals surface area contributed by atoms with Crippen LogP contribution in [0.1, 0.15) is 28.8 Å². The molecule has 4 rings (SSSR count). The van der Waals surface area contributed by atoms with Gasteiger partial charge in [-0.3, -0.25) is 14.4 Å². The Morgan fingerprint density at radius 3 is 2.48 bits per heavy atom. The summed E-state index contributed by atoms with van der Waals surface area (Å²) in [5.74, 6) is -0.339. The maximum atomic E-state index is 12.7. The van der Waals surface area contributed by atoms with Gasteiger partial charge < -0.3 is 15.5 Å². The Bertz CT molecular complexity index is 900. The maximum Gasteiger partial charge on any atom is 0.253 e. The maximum absolute atomic E-state index is 12.7. The number of carbonyl (C=O) groups is 3. The molecule has 0 bridgehead atoms. The first kappa shape index (κ1) is 19.2. The molecule has 0 unspecified atom stereocenters. The second kappa shape index (κ2) is 8.07. The van der Waals surface area contributed by atoms with Gasteiger partial charge in [-0.25, -0.2) is 0 Å². The zero-order chi connectivity index (χ0) is 20.3. The summed E-state index contributed by atoms with van der Waals surface area (Å²) in [6, 6.07) is 18.5. The van der Waals surface area contributed by atoms with Gasteiger partial charge in [0, 0.05) is 25.2 Å². The van der Waals surface area contributed by atoms with Crippen molar-refractivity contribution in [3.8, 4) is 0 Å². The predicted molar refractivity (Wildman–Crippen MR) is 109 cm³/mol. The third-order valence-corrected chi connectivity index (χ3v) is 5.92. The molecular weight excluding hydrogens is 366 g/mol. The zero-order valence-corrected chi connectivity index (χ0v) is 16.3. The molecule has 0 saturated carbocycles. The minimum atomic E-state index is -0.661. The summed E-state index contributed by atoms with van der Waals surface area (Å²) in [7, 11) is 0. The van der Waals surface area contributed by atoms with Gasteiger partial charge in [0.05, 0.1) is 5.41 Å². The lowest BCUT2D eigenvalue weighted by Crippen LogP contribution is -2.42. The van der Waals surface area contributed by atoms with Crippen LogP contribution in [0, 0.1) is 5.41 Å². The summed E-state index contributed by atoms with van der Waals surface area (Å²) in [6.45, 7) is 1.42. The van der Waals surface area contributed by atoms with Gasteiger partial charge in [-0.2, -0.15) is 0 Å². The van der Waals surface area contributed by atoms with E-state index in [4.69, 9.17) is 0 Å². The molecule has 150 valence electrons. The molecule has 0 aliphatic carbocycles. The van der Waals surface area contributed by atoms with Crippen LogP contribution in [0.4, 0.5) is 0 Å². The van der Waals surface area contributed by atoms with E-state index in [0.717, 1.165) is 12.0 Å². The Labute approximate surface area is 170 Å². The molecule has 2 aromatic rings. The van der Waals surface area contributed by atoms with Crippen molar-refractivity contribution in [2.75, 3.05) is 19.6 Å². The highest BCUT2D eigenvalue weighted by atomic mass is 16.2. The van der Waals surface area contributed by atoms with Crippen molar-refractivity contribution >= 4 is 17.7 Å². The number of carbonyl (C=O) groups excluding carboxylic acids is 3. The van der Waals surface area contributed by atoms with Crippen molar-refractivity contribution in [3.63, 3.8) is 0 Å². The van der Waals surface area contributed by atoms with Gasteiger partial charge in [-0.1, -0.05) is 48.5 Å². The third-order valence-electron chi connectivity index (χ3n) is 5.92. The average Bonchev–Trinajstić information content (AvgIpc) is 3.33. The van der Waals surface area contributed by atoms with Crippen LogP contribution in [0.5, 0.6) is 0 Å². The lowest BCUT2D eigenvalue weighted by Gasteiger charge is -2.21. The highest BCUT2D eigenvalue weighted by Gasteiger charge is 2.53. The molecule has 29 heavy (non-hydrogen) atoms. The fraction of sp³-hybridized carbons (Fsp3) is 0.348. The summed E-state index contributed by atoms with van der Waals surface area (Å²) in [6.07, 6.45) is 1.77. The van der Waals surface area contributed by atoms with Gasteiger partial charge in [0.2, 0.25) is 11.8 Å². The molecular formula is C23H25N3O3. The fourth-order valence-electron chi connectivity index (χ4n) is 4.26. The van der Waals surface area contributed by atoms with Crippen molar-refractivity contribution in [2.24, 2.45) is 5.41 Å². The standard InChI is InChI=1S/C23H25N3O3/c27-20(24-13-11-17-7-3-1-4-8-17)19-15-23(22(29)25-19)12-14-26(16-23)21(28)18-9-5-2-6-10-18/h1-10,19H,11-16H2,(H,24,27)(H,25,29)/t19-,23-/m0/s1. The largest absolute Gasteiger partial charge is 0.354 e. The summed E-state index contributed by atoms with van der Waals surface area (Å²) >= 11 is 0. The van der Waals surface area contributed by atoms with Crippen molar-refractivity contribution < 1.29 is 14.4 Å². The molecule has 2 N–H and O–H groups in total. The van der Waals surface area contributed by atoms with Gasteiger partial charge in [0.25, 0.3) is 5.91 Å². The van der Waals surface area contributed by atoms with Crippen LogP contribution in [0.25, 0.3) is 0 Å². The number of benzene rings is 2. The van der Waals surface area contributed by atoms with E-state index in [9.17, 15) is 14.4 Å². The molecule has 3 amide bonds. The molecule has 2 aliphatic rings. The summed E-state index contributed by atoms with van der Waals surface area (Å²) < 4.78 is 0. The molecule has 1 spiro atoms. The van der Waals surface area contributed by atoms with E-state index in [1.54, 1.807) is 17.0 Å². The molecule has 2 aromatic carbocycles. The number of nitrogens with zero attached hydrogens (tertiary/aromatic N) is 1. The van der Waals surface area contributed by atoms with Crippen molar-refractivity contribution in [2.45, 2.75) is 25.3 Å². The molecule has 2 fully saturated rings. The lowest BCUT2D eigenvalue weighted by atomic mass is 9.84. The monoisotopic (exact) mass is 391 g/mol. The first-order valence-electron chi connectivity index (χ1n) is 10.0. The molecule has 2 atom stereocenters. The molecule has 2 aliphatic heterocycles. The van der Waals surface area contributed by atoms with Crippen LogP contribution in [0.15, 0.2) is 60.7 Å². The first-order valence-corrected chi connectivity index (χ1v) is 10.0. The van der Waals surface area contributed by atoms with Crippen molar-refractivity contribution in [1.82, 2.24) is 15.5 Å². The van der Waals surface area contributed by atoms with E-state index in [-0.39, 0.29) is 17.7 Å². The van der Waals surface area contributed by atoms with Crippen LogP contribution in [-0.2, 0) is 16.0 Å². The number of likely N-dealkylation sites (tertiary alicyclic amines) is 1. The lowest BCUT2D eigenvalue weighted by molar-refractivity contribution is -0.128. The van der Waals surface area contributed by atoms with Gasteiger partial charge in [0.1, 0.15) is 6.04 Å². The Kier molecular flexibility index (Phi) is 5.34. The van der Waals surface area contributed by atoms with Crippen molar-refractivity contribution in [1.29, 1.82) is 0 Å². The molecule has 0 aromatic heterocycles. The fourth-order valence-corrected chi connectivity index (χ4v) is 4.26. The van der Waals surface area contributed by atoms with E-state index in [1.165, 1.54) is 0 Å². The predicted octanol–water partition coefficient (Wildman–Crippen LogP) is 1.77. The topological polar surface area (TPSA) is 78.5 Å². The smallest absolute Gasteiger partial charge is 0.253 e. The Balaban J connectivity index is 1.33. The number of rotatable bonds is 5. The molecule has 6 heteroatoms.